The minimum atomic E-state index is 1.00. The fourth-order valence-electron chi connectivity index (χ4n) is 0.749. The molecule has 0 aliphatic rings. The van der Waals surface area contributed by atoms with E-state index in [4.69, 9.17) is 0 Å². The van der Waals surface area contributed by atoms with Gasteiger partial charge in [0.1, 0.15) is 0 Å². The van der Waals surface area contributed by atoms with Crippen molar-refractivity contribution in [1.29, 1.82) is 0 Å². The lowest BCUT2D eigenvalue weighted by Gasteiger charge is -1.89. The minimum Gasteiger partial charge on any atom is -0.103 e. The van der Waals surface area contributed by atoms with E-state index >= 15 is 0 Å². The maximum Gasteiger partial charge on any atom is -0.0172 e. The first-order chi connectivity index (χ1) is 4.91. The topological polar surface area (TPSA) is 0 Å². The van der Waals surface area contributed by atoms with E-state index in [2.05, 4.69) is 25.7 Å². The Kier molecular flexibility index (Phi) is 8.04. The maximum atomic E-state index is 3.78. The van der Waals surface area contributed by atoms with Crippen molar-refractivity contribution in [2.75, 3.05) is 0 Å². The van der Waals surface area contributed by atoms with Gasteiger partial charge >= 0.3 is 0 Å². The summed E-state index contributed by atoms with van der Waals surface area (Å²) >= 11 is 0. The molecule has 0 saturated heterocycles. The Balaban J connectivity index is 2.94. The Morgan fingerprint density at radius 2 is 1.90 bits per heavy atom. The Bertz CT molecular complexity index is 90.2. The highest BCUT2D eigenvalue weighted by molar-refractivity contribution is 4.87. The number of rotatable bonds is 6. The number of allylic oxidation sites excluding steroid dienone is 3. The monoisotopic (exact) mass is 137 g/mol. The number of hydrogen-bond acceptors (Lipinski definition) is 0. The van der Waals surface area contributed by atoms with Crippen molar-refractivity contribution in [2.24, 2.45) is 0 Å². The molecule has 0 aromatic heterocycles. The van der Waals surface area contributed by atoms with Crippen molar-refractivity contribution in [3.05, 3.63) is 31.7 Å². The zero-order valence-electron chi connectivity index (χ0n) is 6.68. The molecule has 0 aromatic rings. The van der Waals surface area contributed by atoms with Crippen LogP contribution in [0.3, 0.4) is 0 Å². The minimum absolute atomic E-state index is 1.00. The smallest absolute Gasteiger partial charge is 0.0172 e. The van der Waals surface area contributed by atoms with Gasteiger partial charge in [-0.05, 0) is 19.3 Å². The van der Waals surface area contributed by atoms with Crippen LogP contribution in [-0.2, 0) is 0 Å². The molecule has 0 aliphatic heterocycles. The first kappa shape index (κ1) is 9.48. The van der Waals surface area contributed by atoms with Crippen LogP contribution >= 0.6 is 0 Å². The molecule has 1 radical (unpaired) electrons. The van der Waals surface area contributed by atoms with Crippen LogP contribution in [0.25, 0.3) is 0 Å². The van der Waals surface area contributed by atoms with Crippen molar-refractivity contribution in [1.82, 2.24) is 0 Å². The van der Waals surface area contributed by atoms with Crippen LogP contribution in [0.1, 0.15) is 32.1 Å². The molecule has 0 nitrogen and oxygen atoms in total. The van der Waals surface area contributed by atoms with Crippen LogP contribution in [-0.4, -0.2) is 0 Å². The molecule has 0 fully saturated rings. The fraction of sp³-hybridized carbons (Fsp3) is 0.500. The van der Waals surface area contributed by atoms with Crippen LogP contribution in [0.15, 0.2) is 24.8 Å². The quantitative estimate of drug-likeness (QED) is 0.388. The predicted molar refractivity (Wildman–Crippen MR) is 47.8 cm³/mol. The Labute approximate surface area is 64.6 Å². The van der Waals surface area contributed by atoms with E-state index in [1.165, 1.54) is 19.3 Å². The normalized spacial score (nSPS) is 10.5. The summed E-state index contributed by atoms with van der Waals surface area (Å²) in [5.41, 5.74) is 0. The summed E-state index contributed by atoms with van der Waals surface area (Å²) in [5, 5.41) is 0. The van der Waals surface area contributed by atoms with Gasteiger partial charge in [0.15, 0.2) is 0 Å². The highest BCUT2D eigenvalue weighted by Crippen LogP contribution is 1.99. The third kappa shape index (κ3) is 7.48. The molecule has 0 heterocycles. The summed E-state index contributed by atoms with van der Waals surface area (Å²) in [7, 11) is 0. The maximum absolute atomic E-state index is 3.78. The fourth-order valence-corrected chi connectivity index (χ4v) is 0.749. The van der Waals surface area contributed by atoms with Gasteiger partial charge in [0.2, 0.25) is 0 Å². The molecule has 0 bridgehead atoms. The molecular weight excluding hydrogens is 120 g/mol. The van der Waals surface area contributed by atoms with Crippen LogP contribution < -0.4 is 0 Å². The average molecular weight is 137 g/mol. The van der Waals surface area contributed by atoms with E-state index in [9.17, 15) is 0 Å². The predicted octanol–water partition coefficient (Wildman–Crippen LogP) is 3.51. The van der Waals surface area contributed by atoms with Crippen LogP contribution in [0.5, 0.6) is 0 Å². The molecule has 0 N–H and O–H groups in total. The van der Waals surface area contributed by atoms with Crippen molar-refractivity contribution >= 4 is 0 Å². The summed E-state index contributed by atoms with van der Waals surface area (Å²) in [6.45, 7) is 7.41. The standard InChI is InChI=1S/C10H17/c1-3-5-7-9-10-8-6-4-2/h3,7,9H,1-2,4-6,8,10H2. The SMILES string of the molecule is [CH2]CCCCC=CCC=C. The Hall–Kier alpha value is -0.520. The molecule has 0 aromatic carbocycles. The molecule has 0 rings (SSSR count). The van der Waals surface area contributed by atoms with E-state index in [0.717, 1.165) is 12.8 Å². The Morgan fingerprint density at radius 1 is 1.10 bits per heavy atom. The molecule has 0 amide bonds. The van der Waals surface area contributed by atoms with Gasteiger partial charge in [0, 0.05) is 0 Å². The van der Waals surface area contributed by atoms with Gasteiger partial charge in [-0.25, -0.2) is 0 Å². The van der Waals surface area contributed by atoms with Gasteiger partial charge in [-0.3, -0.25) is 0 Å². The van der Waals surface area contributed by atoms with Crippen molar-refractivity contribution in [2.45, 2.75) is 32.1 Å². The zero-order valence-corrected chi connectivity index (χ0v) is 6.68. The molecule has 0 spiro atoms. The second kappa shape index (κ2) is 8.48. The van der Waals surface area contributed by atoms with E-state index < -0.39 is 0 Å². The zero-order chi connectivity index (χ0) is 7.66. The van der Waals surface area contributed by atoms with Gasteiger partial charge < -0.3 is 0 Å². The van der Waals surface area contributed by atoms with E-state index in [0.29, 0.717) is 0 Å². The van der Waals surface area contributed by atoms with Gasteiger partial charge in [-0.2, -0.15) is 0 Å². The lowest BCUT2D eigenvalue weighted by molar-refractivity contribution is 0.759. The first-order valence-corrected chi connectivity index (χ1v) is 3.97. The summed E-state index contributed by atoms with van der Waals surface area (Å²) in [4.78, 5) is 0. The van der Waals surface area contributed by atoms with Crippen molar-refractivity contribution in [3.8, 4) is 0 Å². The molecule has 57 valence electrons. The van der Waals surface area contributed by atoms with E-state index in [1.807, 2.05) is 6.08 Å². The second-order valence-corrected chi connectivity index (χ2v) is 2.35. The van der Waals surface area contributed by atoms with Crippen molar-refractivity contribution < 1.29 is 0 Å². The molecule has 0 saturated carbocycles. The largest absolute Gasteiger partial charge is 0.103 e. The second-order valence-electron chi connectivity index (χ2n) is 2.35. The highest BCUT2D eigenvalue weighted by atomic mass is 13.9. The summed E-state index contributed by atoms with van der Waals surface area (Å²) < 4.78 is 0. The van der Waals surface area contributed by atoms with Crippen LogP contribution in [0, 0.1) is 6.92 Å². The first-order valence-electron chi connectivity index (χ1n) is 3.97. The molecule has 0 unspecified atom stereocenters. The summed E-state index contributed by atoms with van der Waals surface area (Å²) in [5.74, 6) is 0. The van der Waals surface area contributed by atoms with E-state index in [-0.39, 0.29) is 0 Å². The molecule has 0 atom stereocenters. The average Bonchev–Trinajstić information content (AvgIpc) is 1.97. The molecule has 10 heavy (non-hydrogen) atoms. The Morgan fingerprint density at radius 3 is 2.50 bits per heavy atom. The number of hydrogen-bond donors (Lipinski definition) is 0. The lowest BCUT2D eigenvalue weighted by Crippen LogP contribution is -1.70. The van der Waals surface area contributed by atoms with Gasteiger partial charge in [0.25, 0.3) is 0 Å². The third-order valence-corrected chi connectivity index (χ3v) is 1.34. The van der Waals surface area contributed by atoms with Crippen molar-refractivity contribution in [3.63, 3.8) is 0 Å². The summed E-state index contributed by atoms with van der Waals surface area (Å²) in [6.07, 6.45) is 12.1. The van der Waals surface area contributed by atoms with E-state index in [1.54, 1.807) is 0 Å². The third-order valence-electron chi connectivity index (χ3n) is 1.34. The molecule has 0 aliphatic carbocycles. The van der Waals surface area contributed by atoms with Crippen LogP contribution in [0.4, 0.5) is 0 Å². The molecular formula is C10H17. The molecule has 0 heteroatoms. The lowest BCUT2D eigenvalue weighted by atomic mass is 10.2. The van der Waals surface area contributed by atoms with Gasteiger partial charge in [-0.15, -0.1) is 6.58 Å². The van der Waals surface area contributed by atoms with Crippen LogP contribution in [0.2, 0.25) is 0 Å². The highest BCUT2D eigenvalue weighted by Gasteiger charge is 1.79. The summed E-state index contributed by atoms with van der Waals surface area (Å²) in [6, 6.07) is 0. The van der Waals surface area contributed by atoms with Gasteiger partial charge in [0.05, 0.1) is 0 Å². The number of unbranched alkanes of at least 4 members (excludes halogenated alkanes) is 3. The van der Waals surface area contributed by atoms with Gasteiger partial charge in [-0.1, -0.05) is 38.0 Å².